The van der Waals surface area contributed by atoms with Crippen LogP contribution in [0.3, 0.4) is 0 Å². The second kappa shape index (κ2) is 13.8. The number of rotatable bonds is 13. The molecule has 0 aliphatic heterocycles. The molecule has 12 nitrogen and oxygen atoms in total. The smallest absolute Gasteiger partial charge is 0.294 e. The Kier molecular flexibility index (Phi) is 11.8. The number of hydrogen-bond acceptors (Lipinski definition) is 7. The van der Waals surface area contributed by atoms with E-state index in [4.69, 9.17) is 4.55 Å². The van der Waals surface area contributed by atoms with E-state index < -0.39 is 63.9 Å². The zero-order chi connectivity index (χ0) is 26.8. The quantitative estimate of drug-likeness (QED) is 0.182. The van der Waals surface area contributed by atoms with Gasteiger partial charge in [0.2, 0.25) is 29.1 Å². The maximum atomic E-state index is 12.5. The summed E-state index contributed by atoms with van der Waals surface area (Å²) in [5, 5.41) is 19.5. The molecule has 35 heavy (non-hydrogen) atoms. The van der Waals surface area contributed by atoms with Gasteiger partial charge in [-0.2, -0.15) is 8.42 Å². The maximum Gasteiger partial charge on any atom is 0.294 e. The number of benzene rings is 1. The van der Waals surface area contributed by atoms with Crippen LogP contribution in [0, 0.1) is 5.92 Å². The molecular formula is C22H34N4O8S. The van der Waals surface area contributed by atoms with E-state index in [-0.39, 0.29) is 18.8 Å². The molecule has 13 heteroatoms. The van der Waals surface area contributed by atoms with Gasteiger partial charge in [-0.15, -0.1) is 0 Å². The minimum absolute atomic E-state index is 0.0510. The minimum Gasteiger partial charge on any atom is -0.374 e. The Balaban J connectivity index is 2.68. The first-order chi connectivity index (χ1) is 16.2. The molecule has 0 radical (unpaired) electrons. The minimum atomic E-state index is -4.82. The predicted octanol–water partition coefficient (Wildman–Crippen LogP) is -0.908. The van der Waals surface area contributed by atoms with Crippen molar-refractivity contribution < 1.29 is 37.3 Å². The van der Waals surface area contributed by atoms with Gasteiger partial charge in [0.05, 0.1) is 12.6 Å². The molecule has 0 aliphatic rings. The Hall–Kier alpha value is -3.03. The van der Waals surface area contributed by atoms with Gasteiger partial charge in [0.1, 0.15) is 12.1 Å². The first kappa shape index (κ1) is 30.0. The molecular weight excluding hydrogens is 480 g/mol. The summed E-state index contributed by atoms with van der Waals surface area (Å²) in [6.45, 7) is 5.58. The van der Waals surface area contributed by atoms with Crippen molar-refractivity contribution in [2.24, 2.45) is 5.92 Å². The van der Waals surface area contributed by atoms with Gasteiger partial charge in [0, 0.05) is 13.3 Å². The average molecular weight is 515 g/mol. The van der Waals surface area contributed by atoms with Gasteiger partial charge in [-0.25, -0.2) is 0 Å². The summed E-state index contributed by atoms with van der Waals surface area (Å²) < 4.78 is 31.7. The van der Waals surface area contributed by atoms with Gasteiger partial charge < -0.3 is 26.4 Å². The van der Waals surface area contributed by atoms with Gasteiger partial charge in [0.15, 0.2) is 0 Å². The van der Waals surface area contributed by atoms with Crippen molar-refractivity contribution in [3.63, 3.8) is 0 Å². The van der Waals surface area contributed by atoms with Crippen LogP contribution in [0.5, 0.6) is 0 Å². The summed E-state index contributed by atoms with van der Waals surface area (Å²) in [6, 6.07) is 5.62. The van der Waals surface area contributed by atoms with E-state index in [9.17, 15) is 32.7 Å². The van der Waals surface area contributed by atoms with Crippen molar-refractivity contribution in [3.8, 4) is 0 Å². The molecule has 0 aliphatic carbocycles. The van der Waals surface area contributed by atoms with Crippen LogP contribution >= 0.6 is 0 Å². The summed E-state index contributed by atoms with van der Waals surface area (Å²) in [7, 11) is -4.82. The van der Waals surface area contributed by atoms with Crippen molar-refractivity contribution in [1.29, 1.82) is 0 Å². The molecule has 4 atom stereocenters. The molecule has 0 saturated carbocycles. The number of nitrogens with one attached hydrogen (secondary N) is 4. The van der Waals surface area contributed by atoms with Crippen molar-refractivity contribution in [1.82, 2.24) is 21.3 Å². The standard InChI is InChI=1S/C22H34N4O8S/c1-13(2)10-18(22(31)35(32,33)34)26-20(29)14(3)24-19(28)12-23-21(30)17(25-15(4)27)11-16-8-6-5-7-9-16/h5-9,13-14,17-18,22,31H,10-12H2,1-4H3,(H,23,30)(H,24,28)(H,25,27)(H,26,29)(H,32,33,34)/t14-,17-,18?,22?/m0/s1. The summed E-state index contributed by atoms with van der Waals surface area (Å²) >= 11 is 0. The Morgan fingerprint density at radius 1 is 0.943 bits per heavy atom. The lowest BCUT2D eigenvalue weighted by atomic mass is 10.0. The first-order valence-electron chi connectivity index (χ1n) is 11.0. The topological polar surface area (TPSA) is 191 Å². The molecule has 0 saturated heterocycles. The third-order valence-corrected chi connectivity index (χ3v) is 5.81. The number of hydrogen-bond donors (Lipinski definition) is 6. The van der Waals surface area contributed by atoms with Gasteiger partial charge in [0.25, 0.3) is 10.1 Å². The van der Waals surface area contributed by atoms with Crippen molar-refractivity contribution in [3.05, 3.63) is 35.9 Å². The monoisotopic (exact) mass is 514 g/mol. The molecule has 2 unspecified atom stereocenters. The van der Waals surface area contributed by atoms with Crippen LogP contribution in [-0.4, -0.2) is 71.8 Å². The van der Waals surface area contributed by atoms with Gasteiger partial charge in [-0.3, -0.25) is 23.7 Å². The first-order valence-corrected chi connectivity index (χ1v) is 12.5. The van der Waals surface area contributed by atoms with Crippen LogP contribution in [0.15, 0.2) is 30.3 Å². The normalized spacial score (nSPS) is 14.8. The lowest BCUT2D eigenvalue weighted by Crippen LogP contribution is -2.55. The number of aliphatic hydroxyl groups is 1. The predicted molar refractivity (Wildman–Crippen MR) is 127 cm³/mol. The molecule has 4 amide bonds. The van der Waals surface area contributed by atoms with Crippen molar-refractivity contribution in [2.45, 2.75) is 64.1 Å². The highest BCUT2D eigenvalue weighted by Gasteiger charge is 2.33. The second-order valence-electron chi connectivity index (χ2n) is 8.60. The SMILES string of the molecule is CC(=O)N[C@@H](Cc1ccccc1)C(=O)NCC(=O)N[C@@H](C)C(=O)NC(CC(C)C)C(O)S(=O)(=O)O. The molecule has 1 aromatic rings. The molecule has 1 aromatic carbocycles. The Morgan fingerprint density at radius 3 is 2.06 bits per heavy atom. The molecule has 0 aromatic heterocycles. The highest BCUT2D eigenvalue weighted by molar-refractivity contribution is 7.86. The average Bonchev–Trinajstić information content (AvgIpc) is 2.75. The zero-order valence-electron chi connectivity index (χ0n) is 20.1. The van der Waals surface area contributed by atoms with Gasteiger partial charge >= 0.3 is 0 Å². The van der Waals surface area contributed by atoms with Crippen LogP contribution < -0.4 is 21.3 Å². The number of carbonyl (C=O) groups is 4. The highest BCUT2D eigenvalue weighted by atomic mass is 32.2. The van der Waals surface area contributed by atoms with Crippen LogP contribution in [0.2, 0.25) is 0 Å². The fraction of sp³-hybridized carbons (Fsp3) is 0.545. The largest absolute Gasteiger partial charge is 0.374 e. The lowest BCUT2D eigenvalue weighted by Gasteiger charge is -2.25. The van der Waals surface area contributed by atoms with E-state index in [1.54, 1.807) is 38.1 Å². The summed E-state index contributed by atoms with van der Waals surface area (Å²) in [5.41, 5.74) is -1.43. The molecule has 0 spiro atoms. The van der Waals surface area contributed by atoms with Crippen molar-refractivity contribution in [2.75, 3.05) is 6.54 Å². The van der Waals surface area contributed by atoms with E-state index in [1.165, 1.54) is 13.8 Å². The van der Waals surface area contributed by atoms with Crippen LogP contribution in [0.1, 0.15) is 39.7 Å². The number of aliphatic hydroxyl groups excluding tert-OH is 1. The fourth-order valence-electron chi connectivity index (χ4n) is 3.22. The molecule has 1 rings (SSSR count). The molecule has 0 bridgehead atoms. The third-order valence-electron chi connectivity index (χ3n) is 4.87. The van der Waals surface area contributed by atoms with Crippen LogP contribution in [0.25, 0.3) is 0 Å². The number of amides is 4. The second-order valence-corrected chi connectivity index (χ2v) is 10.1. The summed E-state index contributed by atoms with van der Waals surface area (Å²) in [6.07, 6.45) is 0.259. The van der Waals surface area contributed by atoms with Crippen LogP contribution in [-0.2, 0) is 35.7 Å². The Labute approximate surface area is 205 Å². The summed E-state index contributed by atoms with van der Waals surface area (Å²) in [4.78, 5) is 48.7. The summed E-state index contributed by atoms with van der Waals surface area (Å²) in [5.74, 6) is -2.64. The fourth-order valence-corrected chi connectivity index (χ4v) is 3.82. The zero-order valence-corrected chi connectivity index (χ0v) is 21.0. The Morgan fingerprint density at radius 2 is 1.54 bits per heavy atom. The molecule has 0 heterocycles. The number of carbonyl (C=O) groups excluding carboxylic acids is 4. The molecule has 0 fully saturated rings. The van der Waals surface area contributed by atoms with E-state index in [0.717, 1.165) is 5.56 Å². The van der Waals surface area contributed by atoms with Crippen molar-refractivity contribution >= 4 is 33.7 Å². The Bertz CT molecular complexity index is 984. The highest BCUT2D eigenvalue weighted by Crippen LogP contribution is 2.12. The van der Waals surface area contributed by atoms with Gasteiger partial charge in [-0.1, -0.05) is 44.2 Å². The van der Waals surface area contributed by atoms with E-state index >= 15 is 0 Å². The van der Waals surface area contributed by atoms with Gasteiger partial charge in [-0.05, 0) is 24.8 Å². The third kappa shape index (κ3) is 11.3. The van der Waals surface area contributed by atoms with E-state index in [2.05, 4.69) is 21.3 Å². The lowest BCUT2D eigenvalue weighted by molar-refractivity contribution is -0.131. The van der Waals surface area contributed by atoms with E-state index in [0.29, 0.717) is 0 Å². The van der Waals surface area contributed by atoms with E-state index in [1.807, 2.05) is 6.07 Å². The molecule has 196 valence electrons. The van der Waals surface area contributed by atoms with Crippen LogP contribution in [0.4, 0.5) is 0 Å². The maximum absolute atomic E-state index is 12.5. The molecule has 6 N–H and O–H groups in total.